The SMILES string of the molecule is O=C(NC(=S)Nc1ccc(-c2cc3ccccc3oc2=O)c(Cl)c1)c1ccc(-c2ccccc2[N+](=O)[O-])o1. The van der Waals surface area contributed by atoms with Gasteiger partial charge in [0.2, 0.25) is 0 Å². The highest BCUT2D eigenvalue weighted by molar-refractivity contribution is 7.80. The average molecular weight is 546 g/mol. The first-order valence-corrected chi connectivity index (χ1v) is 11.9. The Bertz CT molecular complexity index is 1800. The largest absolute Gasteiger partial charge is 0.451 e. The number of furan rings is 1. The summed E-state index contributed by atoms with van der Waals surface area (Å²) in [6.45, 7) is 0. The summed E-state index contributed by atoms with van der Waals surface area (Å²) < 4.78 is 10.9. The van der Waals surface area contributed by atoms with Crippen molar-refractivity contribution < 1.29 is 18.6 Å². The third kappa shape index (κ3) is 5.03. The zero-order chi connectivity index (χ0) is 26.8. The fraction of sp³-hybridized carbons (Fsp3) is 0. The molecule has 188 valence electrons. The van der Waals surface area contributed by atoms with Crippen LogP contribution in [0, 0.1) is 10.1 Å². The molecule has 0 saturated heterocycles. The number of halogens is 1. The summed E-state index contributed by atoms with van der Waals surface area (Å²) in [7, 11) is 0. The van der Waals surface area contributed by atoms with Crippen molar-refractivity contribution in [1.82, 2.24) is 5.32 Å². The fourth-order valence-electron chi connectivity index (χ4n) is 3.83. The third-order valence-corrected chi connectivity index (χ3v) is 6.10. The summed E-state index contributed by atoms with van der Waals surface area (Å²) in [6.07, 6.45) is 0. The number of carbonyl (C=O) groups excluding carboxylic acids is 1. The van der Waals surface area contributed by atoms with Crippen molar-refractivity contribution in [2.24, 2.45) is 0 Å². The molecule has 0 aliphatic carbocycles. The summed E-state index contributed by atoms with van der Waals surface area (Å²) in [6, 6.07) is 22.6. The molecule has 0 bridgehead atoms. The average Bonchev–Trinajstić information content (AvgIpc) is 3.39. The van der Waals surface area contributed by atoms with Crippen LogP contribution >= 0.6 is 23.8 Å². The van der Waals surface area contributed by atoms with Crippen molar-refractivity contribution in [3.63, 3.8) is 0 Å². The fourth-order valence-corrected chi connectivity index (χ4v) is 4.33. The van der Waals surface area contributed by atoms with Gasteiger partial charge in [-0.25, -0.2) is 4.79 Å². The molecule has 2 N–H and O–H groups in total. The number of nitrogens with zero attached hydrogens (tertiary/aromatic N) is 1. The minimum Gasteiger partial charge on any atom is -0.451 e. The molecule has 0 aliphatic heterocycles. The van der Waals surface area contributed by atoms with E-state index in [0.717, 1.165) is 5.39 Å². The Morgan fingerprint density at radius 1 is 0.895 bits per heavy atom. The minimum absolute atomic E-state index is 0.0346. The second-order valence-electron chi connectivity index (χ2n) is 8.03. The molecular weight excluding hydrogens is 530 g/mol. The number of carbonyl (C=O) groups is 1. The van der Waals surface area contributed by atoms with E-state index in [9.17, 15) is 19.7 Å². The molecule has 0 fully saturated rings. The summed E-state index contributed by atoms with van der Waals surface area (Å²) in [4.78, 5) is 35.9. The molecule has 0 aliphatic rings. The number of rotatable bonds is 5. The Labute approximate surface area is 224 Å². The van der Waals surface area contributed by atoms with E-state index in [1.807, 2.05) is 12.1 Å². The van der Waals surface area contributed by atoms with Crippen LogP contribution in [0.1, 0.15) is 10.6 Å². The van der Waals surface area contributed by atoms with Crippen LogP contribution in [0.3, 0.4) is 0 Å². The van der Waals surface area contributed by atoms with Gasteiger partial charge in [0.1, 0.15) is 11.3 Å². The summed E-state index contributed by atoms with van der Waals surface area (Å²) in [5.41, 5.74) is 1.30. The molecule has 5 aromatic rings. The predicted molar refractivity (Wildman–Crippen MR) is 147 cm³/mol. The molecule has 0 radical (unpaired) electrons. The Kier molecular flexibility index (Phi) is 6.73. The van der Waals surface area contributed by atoms with E-state index in [1.54, 1.807) is 42.5 Å². The van der Waals surface area contributed by atoms with Gasteiger partial charge in [0.05, 0.1) is 21.1 Å². The maximum atomic E-state index is 12.6. The van der Waals surface area contributed by atoms with Crippen molar-refractivity contribution in [1.29, 1.82) is 0 Å². The highest BCUT2D eigenvalue weighted by Crippen LogP contribution is 2.32. The van der Waals surface area contributed by atoms with Gasteiger partial charge in [-0.05, 0) is 54.7 Å². The quantitative estimate of drug-likeness (QED) is 0.112. The van der Waals surface area contributed by atoms with Gasteiger partial charge >= 0.3 is 5.63 Å². The maximum Gasteiger partial charge on any atom is 0.344 e. The predicted octanol–water partition coefficient (Wildman–Crippen LogP) is 6.41. The molecule has 11 heteroatoms. The van der Waals surface area contributed by atoms with E-state index in [4.69, 9.17) is 32.7 Å². The molecule has 3 aromatic carbocycles. The number of amides is 1. The summed E-state index contributed by atoms with van der Waals surface area (Å²) in [5.74, 6) is -0.565. The van der Waals surface area contributed by atoms with E-state index in [2.05, 4.69) is 10.6 Å². The molecule has 2 heterocycles. The second-order valence-corrected chi connectivity index (χ2v) is 8.84. The van der Waals surface area contributed by atoms with Crippen LogP contribution in [0.15, 0.2) is 98.6 Å². The Morgan fingerprint density at radius 3 is 2.45 bits per heavy atom. The molecule has 9 nitrogen and oxygen atoms in total. The number of nitro groups is 1. The third-order valence-electron chi connectivity index (χ3n) is 5.58. The number of nitrogens with one attached hydrogen (secondary N) is 2. The van der Waals surface area contributed by atoms with Crippen molar-refractivity contribution >= 4 is 57.2 Å². The molecule has 5 rings (SSSR count). The molecule has 1 amide bonds. The van der Waals surface area contributed by atoms with E-state index in [1.165, 1.54) is 30.3 Å². The van der Waals surface area contributed by atoms with Gasteiger partial charge in [0.25, 0.3) is 11.6 Å². The zero-order valence-electron chi connectivity index (χ0n) is 19.3. The molecule has 0 saturated carbocycles. The lowest BCUT2D eigenvalue weighted by atomic mass is 10.1. The van der Waals surface area contributed by atoms with Gasteiger partial charge < -0.3 is 14.2 Å². The molecule has 38 heavy (non-hydrogen) atoms. The van der Waals surface area contributed by atoms with E-state index >= 15 is 0 Å². The van der Waals surface area contributed by atoms with Crippen molar-refractivity contribution in [3.8, 4) is 22.5 Å². The van der Waals surface area contributed by atoms with Gasteiger partial charge in [-0.3, -0.25) is 20.2 Å². The first kappa shape index (κ1) is 24.9. The van der Waals surface area contributed by atoms with E-state index in [-0.39, 0.29) is 32.9 Å². The zero-order valence-corrected chi connectivity index (χ0v) is 20.8. The topological polar surface area (TPSA) is 128 Å². The van der Waals surface area contributed by atoms with E-state index in [0.29, 0.717) is 22.4 Å². The van der Waals surface area contributed by atoms with Gasteiger partial charge in [-0.1, -0.05) is 48.0 Å². The summed E-state index contributed by atoms with van der Waals surface area (Å²) in [5, 5.41) is 17.6. The Hall–Kier alpha value is -4.80. The second kappa shape index (κ2) is 10.3. The maximum absolute atomic E-state index is 12.6. The molecule has 0 unspecified atom stereocenters. The standard InChI is InChI=1S/C27H16ClN3O6S/c28-20-14-16(9-10-17(20)19-13-15-5-1-4-8-22(15)37-26(19)33)29-27(38)30-25(32)24-12-11-23(36-24)18-6-2-3-7-21(18)31(34)35/h1-14H,(H2,29,30,32,38). The first-order chi connectivity index (χ1) is 18.3. The number of benzene rings is 3. The number of hydrogen-bond donors (Lipinski definition) is 2. The Morgan fingerprint density at radius 2 is 1.66 bits per heavy atom. The lowest BCUT2D eigenvalue weighted by Crippen LogP contribution is -2.33. The van der Waals surface area contributed by atoms with Crippen LogP contribution in [0.25, 0.3) is 33.4 Å². The van der Waals surface area contributed by atoms with Crippen LogP contribution in [0.4, 0.5) is 11.4 Å². The molecule has 0 atom stereocenters. The Balaban J connectivity index is 1.29. The van der Waals surface area contributed by atoms with E-state index < -0.39 is 16.5 Å². The smallest absolute Gasteiger partial charge is 0.344 e. The van der Waals surface area contributed by atoms with Crippen LogP contribution in [0.2, 0.25) is 5.02 Å². The highest BCUT2D eigenvalue weighted by Gasteiger charge is 2.20. The normalized spacial score (nSPS) is 10.8. The van der Waals surface area contributed by atoms with Crippen molar-refractivity contribution in [3.05, 3.63) is 116 Å². The molecule has 0 spiro atoms. The number of thiocarbonyl (C=S) groups is 1. The van der Waals surface area contributed by atoms with Crippen molar-refractivity contribution in [2.75, 3.05) is 5.32 Å². The van der Waals surface area contributed by atoms with Crippen LogP contribution in [0.5, 0.6) is 0 Å². The lowest BCUT2D eigenvalue weighted by Gasteiger charge is -2.11. The van der Waals surface area contributed by atoms with Crippen LogP contribution in [-0.2, 0) is 0 Å². The number of nitro benzene ring substituents is 1. The lowest BCUT2D eigenvalue weighted by molar-refractivity contribution is -0.384. The van der Waals surface area contributed by atoms with Crippen LogP contribution < -0.4 is 16.3 Å². The van der Waals surface area contributed by atoms with Crippen molar-refractivity contribution in [2.45, 2.75) is 0 Å². The van der Waals surface area contributed by atoms with Gasteiger partial charge in [-0.15, -0.1) is 0 Å². The number of fused-ring (bicyclic) bond motifs is 1. The molecule has 2 aromatic heterocycles. The molecular formula is C27H16ClN3O6S. The first-order valence-electron chi connectivity index (χ1n) is 11.1. The number of para-hydroxylation sites is 2. The van der Waals surface area contributed by atoms with Gasteiger partial charge in [0.15, 0.2) is 10.9 Å². The highest BCUT2D eigenvalue weighted by atomic mass is 35.5. The van der Waals surface area contributed by atoms with Crippen LogP contribution in [-0.4, -0.2) is 15.9 Å². The summed E-state index contributed by atoms with van der Waals surface area (Å²) >= 11 is 11.7. The minimum atomic E-state index is -0.649. The van der Waals surface area contributed by atoms with Gasteiger partial charge in [0, 0.05) is 22.7 Å². The van der Waals surface area contributed by atoms with Gasteiger partial charge in [-0.2, -0.15) is 0 Å². The number of anilines is 1. The number of hydrogen-bond acceptors (Lipinski definition) is 7. The monoisotopic (exact) mass is 545 g/mol.